The maximum Gasteiger partial charge on any atom is 0.225 e. The van der Waals surface area contributed by atoms with Crippen LogP contribution in [0.15, 0.2) is 67.1 Å². The minimum absolute atomic E-state index is 0.213. The number of aromatic nitrogens is 7. The van der Waals surface area contributed by atoms with Gasteiger partial charge in [0.25, 0.3) is 0 Å². The van der Waals surface area contributed by atoms with E-state index in [4.69, 9.17) is 9.72 Å². The van der Waals surface area contributed by atoms with Crippen molar-refractivity contribution >= 4 is 5.65 Å². The van der Waals surface area contributed by atoms with Gasteiger partial charge in [-0.25, -0.2) is 18.6 Å². The van der Waals surface area contributed by atoms with E-state index in [2.05, 4.69) is 20.4 Å². The fourth-order valence-electron chi connectivity index (χ4n) is 3.33. The fourth-order valence-corrected chi connectivity index (χ4v) is 3.33. The first-order chi connectivity index (χ1) is 15.2. The average Bonchev–Trinajstić information content (AvgIpc) is 3.44. The fraction of sp³-hybridized carbons (Fsp3) is 0.136. The lowest BCUT2D eigenvalue weighted by molar-refractivity contribution is 0.278. The molecule has 0 atom stereocenters. The molecule has 0 N–H and O–H groups in total. The van der Waals surface area contributed by atoms with Gasteiger partial charge in [0.2, 0.25) is 5.88 Å². The monoisotopic (exact) mass is 415 g/mol. The molecule has 0 fully saturated rings. The molecule has 9 heteroatoms. The number of benzene rings is 2. The van der Waals surface area contributed by atoms with Crippen LogP contribution in [0, 0.1) is 5.82 Å². The van der Waals surface area contributed by atoms with Crippen molar-refractivity contribution in [2.24, 2.45) is 0 Å². The third kappa shape index (κ3) is 3.61. The van der Waals surface area contributed by atoms with Crippen LogP contribution in [0.1, 0.15) is 12.7 Å². The van der Waals surface area contributed by atoms with Crippen molar-refractivity contribution in [3.8, 4) is 28.3 Å². The van der Waals surface area contributed by atoms with Crippen molar-refractivity contribution in [3.63, 3.8) is 0 Å². The Morgan fingerprint density at radius 1 is 1.00 bits per heavy atom. The molecular formula is C22H18FN7O. The Balaban J connectivity index is 1.61. The van der Waals surface area contributed by atoms with Gasteiger partial charge in [-0.1, -0.05) is 35.5 Å². The van der Waals surface area contributed by atoms with E-state index in [1.807, 2.05) is 43.5 Å². The lowest BCUT2D eigenvalue weighted by atomic mass is 10.1. The van der Waals surface area contributed by atoms with Gasteiger partial charge in [-0.2, -0.15) is 10.1 Å². The highest BCUT2D eigenvalue weighted by atomic mass is 19.1. The van der Waals surface area contributed by atoms with Crippen LogP contribution in [0.5, 0.6) is 5.88 Å². The Morgan fingerprint density at radius 2 is 1.81 bits per heavy atom. The second-order valence-electron chi connectivity index (χ2n) is 6.82. The van der Waals surface area contributed by atoms with Crippen molar-refractivity contribution in [2.45, 2.75) is 20.1 Å². The topological polar surface area (TPSA) is 83.0 Å². The van der Waals surface area contributed by atoms with E-state index in [0.717, 1.165) is 11.1 Å². The lowest BCUT2D eigenvalue weighted by Crippen LogP contribution is -2.09. The summed E-state index contributed by atoms with van der Waals surface area (Å²) in [5.41, 5.74) is 3.47. The number of rotatable bonds is 6. The van der Waals surface area contributed by atoms with Gasteiger partial charge in [0.15, 0.2) is 11.5 Å². The standard InChI is InChI=1S/C22H18FN7O/c1-2-29-19(24-14-25-29)13-31-22-18(15-6-4-3-5-7-15)12-30-21(26-22)20(27-28-30)16-8-10-17(23)11-9-16/h3-12,14H,2,13H2,1H3. The molecule has 0 bridgehead atoms. The van der Waals surface area contributed by atoms with Crippen molar-refractivity contribution in [3.05, 3.63) is 78.8 Å². The Labute approximate surface area is 177 Å². The van der Waals surface area contributed by atoms with Crippen LogP contribution in [-0.4, -0.2) is 34.6 Å². The first kappa shape index (κ1) is 18.9. The maximum atomic E-state index is 13.4. The molecule has 5 rings (SSSR count). The summed E-state index contributed by atoms with van der Waals surface area (Å²) in [6.45, 7) is 2.90. The minimum atomic E-state index is -0.316. The number of hydrogen-bond donors (Lipinski definition) is 0. The second-order valence-corrected chi connectivity index (χ2v) is 6.82. The normalized spacial score (nSPS) is 11.2. The molecule has 3 heterocycles. The van der Waals surface area contributed by atoms with E-state index < -0.39 is 0 Å². The van der Waals surface area contributed by atoms with Crippen LogP contribution in [0.25, 0.3) is 28.0 Å². The van der Waals surface area contributed by atoms with Crippen molar-refractivity contribution in [1.82, 2.24) is 34.6 Å². The van der Waals surface area contributed by atoms with E-state index in [9.17, 15) is 4.39 Å². The van der Waals surface area contributed by atoms with Crippen LogP contribution in [0.4, 0.5) is 4.39 Å². The van der Waals surface area contributed by atoms with Crippen molar-refractivity contribution in [2.75, 3.05) is 0 Å². The molecular weight excluding hydrogens is 397 g/mol. The zero-order valence-electron chi connectivity index (χ0n) is 16.7. The smallest absolute Gasteiger partial charge is 0.225 e. The number of aryl methyl sites for hydroxylation is 1. The second kappa shape index (κ2) is 7.94. The number of hydrogen-bond acceptors (Lipinski definition) is 6. The van der Waals surface area contributed by atoms with Crippen LogP contribution in [0.3, 0.4) is 0 Å². The van der Waals surface area contributed by atoms with E-state index in [0.29, 0.717) is 35.2 Å². The lowest BCUT2D eigenvalue weighted by Gasteiger charge is -2.11. The molecule has 31 heavy (non-hydrogen) atoms. The van der Waals surface area contributed by atoms with Crippen molar-refractivity contribution < 1.29 is 9.13 Å². The summed E-state index contributed by atoms with van der Waals surface area (Å²) in [5, 5.41) is 12.6. The average molecular weight is 415 g/mol. The van der Waals surface area contributed by atoms with Gasteiger partial charge in [-0.15, -0.1) is 5.10 Å². The molecule has 0 unspecified atom stereocenters. The van der Waals surface area contributed by atoms with Gasteiger partial charge in [0, 0.05) is 18.3 Å². The number of nitrogens with zero attached hydrogens (tertiary/aromatic N) is 7. The molecule has 8 nitrogen and oxygen atoms in total. The van der Waals surface area contributed by atoms with Gasteiger partial charge in [0.05, 0.1) is 5.56 Å². The molecule has 0 aliphatic heterocycles. The molecule has 3 aromatic heterocycles. The summed E-state index contributed by atoms with van der Waals surface area (Å²) in [5.74, 6) is 0.812. The summed E-state index contributed by atoms with van der Waals surface area (Å²) >= 11 is 0. The molecule has 0 radical (unpaired) electrons. The summed E-state index contributed by atoms with van der Waals surface area (Å²) in [6, 6.07) is 15.9. The Kier molecular flexibility index (Phi) is 4.83. The van der Waals surface area contributed by atoms with E-state index >= 15 is 0 Å². The van der Waals surface area contributed by atoms with E-state index in [-0.39, 0.29) is 12.4 Å². The summed E-state index contributed by atoms with van der Waals surface area (Å²) in [4.78, 5) is 8.99. The predicted molar refractivity (Wildman–Crippen MR) is 112 cm³/mol. The molecule has 5 aromatic rings. The summed E-state index contributed by atoms with van der Waals surface area (Å²) in [7, 11) is 0. The summed E-state index contributed by atoms with van der Waals surface area (Å²) < 4.78 is 22.8. The molecule has 0 saturated heterocycles. The van der Waals surface area contributed by atoms with Crippen molar-refractivity contribution in [1.29, 1.82) is 0 Å². The Morgan fingerprint density at radius 3 is 2.58 bits per heavy atom. The zero-order valence-corrected chi connectivity index (χ0v) is 16.7. The quantitative estimate of drug-likeness (QED) is 0.420. The van der Waals surface area contributed by atoms with Gasteiger partial charge < -0.3 is 4.74 Å². The molecule has 154 valence electrons. The Bertz CT molecular complexity index is 1330. The van der Waals surface area contributed by atoms with Crippen LogP contribution in [-0.2, 0) is 13.2 Å². The van der Waals surface area contributed by atoms with Crippen LogP contribution >= 0.6 is 0 Å². The third-order valence-electron chi connectivity index (χ3n) is 4.89. The van der Waals surface area contributed by atoms with Crippen LogP contribution in [0.2, 0.25) is 0 Å². The first-order valence-electron chi connectivity index (χ1n) is 9.80. The minimum Gasteiger partial charge on any atom is -0.469 e. The highest BCUT2D eigenvalue weighted by Gasteiger charge is 2.17. The van der Waals surface area contributed by atoms with Gasteiger partial charge >= 0.3 is 0 Å². The van der Waals surface area contributed by atoms with Gasteiger partial charge in [0.1, 0.15) is 24.4 Å². The van der Waals surface area contributed by atoms with Gasteiger partial charge in [-0.05, 0) is 36.8 Å². The van der Waals surface area contributed by atoms with Crippen LogP contribution < -0.4 is 4.74 Å². The molecule has 0 amide bonds. The maximum absolute atomic E-state index is 13.4. The molecule has 0 aliphatic rings. The first-order valence-corrected chi connectivity index (χ1v) is 9.80. The highest BCUT2D eigenvalue weighted by molar-refractivity contribution is 5.76. The number of ether oxygens (including phenoxy) is 1. The zero-order chi connectivity index (χ0) is 21.2. The SMILES string of the molecule is CCn1ncnc1COc1nc2c(-c3ccc(F)cc3)nnn2cc1-c1ccccc1. The van der Waals surface area contributed by atoms with Gasteiger partial charge in [-0.3, -0.25) is 0 Å². The number of fused-ring (bicyclic) bond motifs is 1. The van der Waals surface area contributed by atoms with E-state index in [1.165, 1.54) is 18.5 Å². The Hall–Kier alpha value is -4.14. The summed E-state index contributed by atoms with van der Waals surface area (Å²) in [6.07, 6.45) is 3.34. The molecule has 0 saturated carbocycles. The highest BCUT2D eigenvalue weighted by Crippen LogP contribution is 2.31. The van der Waals surface area contributed by atoms with E-state index in [1.54, 1.807) is 21.3 Å². The number of halogens is 1. The molecule has 0 aliphatic carbocycles. The predicted octanol–water partition coefficient (Wildman–Crippen LogP) is 3.79. The molecule has 2 aromatic carbocycles. The largest absolute Gasteiger partial charge is 0.469 e. The molecule has 0 spiro atoms. The third-order valence-corrected chi connectivity index (χ3v) is 4.89.